The molecule has 1 aromatic heterocycles. The van der Waals surface area contributed by atoms with Gasteiger partial charge in [-0.15, -0.1) is 0 Å². The summed E-state index contributed by atoms with van der Waals surface area (Å²) in [6.07, 6.45) is 0. The number of H-pyrrole nitrogens is 1. The molecule has 0 bridgehead atoms. The van der Waals surface area contributed by atoms with Crippen molar-refractivity contribution in [1.82, 2.24) is 9.88 Å². The lowest BCUT2D eigenvalue weighted by Gasteiger charge is -2.34. The SMILES string of the molecule is COc1cccc(F)c1-c1ccc2[nH]c(O)c(C(C)=Nc3ccc(N4CCN(C)CC4)cc3C)c2c1. The number of nitrogens with one attached hydrogen (secondary N) is 1. The van der Waals surface area contributed by atoms with Crippen molar-refractivity contribution in [2.24, 2.45) is 4.99 Å². The minimum Gasteiger partial charge on any atom is -0.496 e. The van der Waals surface area contributed by atoms with Crippen molar-refractivity contribution in [1.29, 1.82) is 0 Å². The molecule has 7 heteroatoms. The number of hydrogen-bond donors (Lipinski definition) is 2. The van der Waals surface area contributed by atoms with E-state index in [2.05, 4.69) is 40.9 Å². The number of aryl methyl sites for hydroxylation is 1. The third-order valence-electron chi connectivity index (χ3n) is 6.96. The van der Waals surface area contributed by atoms with Crippen LogP contribution in [-0.4, -0.2) is 61.0 Å². The molecule has 1 saturated heterocycles. The largest absolute Gasteiger partial charge is 0.496 e. The molecule has 2 heterocycles. The highest BCUT2D eigenvalue weighted by molar-refractivity contribution is 6.13. The molecule has 0 spiro atoms. The second-order valence-corrected chi connectivity index (χ2v) is 9.38. The minimum atomic E-state index is -0.364. The lowest BCUT2D eigenvalue weighted by Crippen LogP contribution is -2.44. The van der Waals surface area contributed by atoms with Crippen molar-refractivity contribution in [3.8, 4) is 22.8 Å². The van der Waals surface area contributed by atoms with Gasteiger partial charge in [0.15, 0.2) is 5.88 Å². The molecule has 0 aliphatic carbocycles. The average molecular weight is 487 g/mol. The van der Waals surface area contributed by atoms with Crippen molar-refractivity contribution in [3.05, 3.63) is 71.5 Å². The van der Waals surface area contributed by atoms with E-state index in [0.29, 0.717) is 28.2 Å². The molecule has 0 unspecified atom stereocenters. The van der Waals surface area contributed by atoms with E-state index in [9.17, 15) is 9.50 Å². The number of rotatable bonds is 5. The lowest BCUT2D eigenvalue weighted by atomic mass is 10.00. The maximum absolute atomic E-state index is 14.7. The molecular weight excluding hydrogens is 455 g/mol. The fourth-order valence-corrected chi connectivity index (χ4v) is 4.92. The highest BCUT2D eigenvalue weighted by Crippen LogP contribution is 2.37. The maximum atomic E-state index is 14.7. The van der Waals surface area contributed by atoms with Crippen LogP contribution in [0.2, 0.25) is 0 Å². The molecule has 3 aromatic carbocycles. The number of methoxy groups -OCH3 is 1. The summed E-state index contributed by atoms with van der Waals surface area (Å²) in [6, 6.07) is 16.6. The van der Waals surface area contributed by atoms with Crippen molar-refractivity contribution in [2.45, 2.75) is 13.8 Å². The molecular formula is C29H31FN4O2. The number of hydrogen-bond acceptors (Lipinski definition) is 5. The molecule has 0 saturated carbocycles. The van der Waals surface area contributed by atoms with Gasteiger partial charge >= 0.3 is 0 Å². The van der Waals surface area contributed by atoms with Gasteiger partial charge in [0, 0.05) is 42.8 Å². The van der Waals surface area contributed by atoms with Gasteiger partial charge in [-0.3, -0.25) is 4.99 Å². The Kier molecular flexibility index (Phi) is 6.41. The monoisotopic (exact) mass is 486 g/mol. The van der Waals surface area contributed by atoms with Gasteiger partial charge in [0.1, 0.15) is 11.6 Å². The standard InChI is InChI=1S/C29H31FN4O2/c1-18-16-21(34-14-12-33(3)13-15-34)9-11-24(18)31-19(2)27-22-17-20(8-10-25(22)32-29(27)35)28-23(30)6-5-7-26(28)36-4/h5-11,16-17,32,35H,12-15H2,1-4H3. The molecule has 6 nitrogen and oxygen atoms in total. The van der Waals surface area contributed by atoms with E-state index in [4.69, 9.17) is 9.73 Å². The van der Waals surface area contributed by atoms with Gasteiger partial charge in [0.25, 0.3) is 0 Å². The normalized spacial score (nSPS) is 15.0. The van der Waals surface area contributed by atoms with E-state index >= 15 is 0 Å². The molecule has 1 aliphatic rings. The molecule has 1 fully saturated rings. The fraction of sp³-hybridized carbons (Fsp3) is 0.276. The average Bonchev–Trinajstić information content (AvgIpc) is 3.20. The van der Waals surface area contributed by atoms with Crippen LogP contribution >= 0.6 is 0 Å². The number of anilines is 1. The van der Waals surface area contributed by atoms with Gasteiger partial charge in [-0.2, -0.15) is 0 Å². The van der Waals surface area contributed by atoms with E-state index < -0.39 is 0 Å². The maximum Gasteiger partial charge on any atom is 0.198 e. The van der Waals surface area contributed by atoms with Gasteiger partial charge in [0.05, 0.1) is 29.6 Å². The number of benzene rings is 3. The highest BCUT2D eigenvalue weighted by Gasteiger charge is 2.19. The molecule has 4 aromatic rings. The molecule has 0 amide bonds. The first kappa shape index (κ1) is 23.9. The van der Waals surface area contributed by atoms with Crippen LogP contribution in [0.1, 0.15) is 18.1 Å². The van der Waals surface area contributed by atoms with E-state index in [-0.39, 0.29) is 11.7 Å². The number of halogens is 1. The zero-order valence-electron chi connectivity index (χ0n) is 21.1. The number of ether oxygens (including phenoxy) is 1. The van der Waals surface area contributed by atoms with Crippen LogP contribution in [0.3, 0.4) is 0 Å². The summed E-state index contributed by atoms with van der Waals surface area (Å²) in [5, 5.41) is 11.5. The zero-order valence-corrected chi connectivity index (χ0v) is 21.1. The number of likely N-dealkylation sites (N-methyl/N-ethyl adjacent to an activating group) is 1. The van der Waals surface area contributed by atoms with Crippen LogP contribution < -0.4 is 9.64 Å². The first-order valence-corrected chi connectivity index (χ1v) is 12.1. The summed E-state index contributed by atoms with van der Waals surface area (Å²) in [7, 11) is 3.68. The van der Waals surface area contributed by atoms with Gasteiger partial charge < -0.3 is 24.6 Å². The summed E-state index contributed by atoms with van der Waals surface area (Å²) in [6.45, 7) is 8.07. The summed E-state index contributed by atoms with van der Waals surface area (Å²) < 4.78 is 20.1. The Labute approximate surface area is 210 Å². The van der Waals surface area contributed by atoms with Crippen LogP contribution in [0, 0.1) is 12.7 Å². The third-order valence-corrected chi connectivity index (χ3v) is 6.96. The van der Waals surface area contributed by atoms with Crippen molar-refractivity contribution in [3.63, 3.8) is 0 Å². The molecule has 186 valence electrons. The Morgan fingerprint density at radius 1 is 1.06 bits per heavy atom. The Morgan fingerprint density at radius 2 is 1.83 bits per heavy atom. The second-order valence-electron chi connectivity index (χ2n) is 9.38. The van der Waals surface area contributed by atoms with Gasteiger partial charge in [-0.05, 0) is 74.5 Å². The second kappa shape index (κ2) is 9.66. The van der Waals surface area contributed by atoms with E-state index in [1.165, 1.54) is 18.9 Å². The topological polar surface area (TPSA) is 64.1 Å². The predicted molar refractivity (Wildman–Crippen MR) is 145 cm³/mol. The Bertz CT molecular complexity index is 1450. The summed E-state index contributed by atoms with van der Waals surface area (Å²) in [5.74, 6) is 0.129. The first-order chi connectivity index (χ1) is 17.4. The molecule has 0 atom stereocenters. The van der Waals surface area contributed by atoms with Crippen LogP contribution in [0.15, 0.2) is 59.6 Å². The molecule has 2 N–H and O–H groups in total. The van der Waals surface area contributed by atoms with Gasteiger partial charge in [-0.1, -0.05) is 12.1 Å². The number of aromatic hydroxyl groups is 1. The number of fused-ring (bicyclic) bond motifs is 1. The molecule has 1 aliphatic heterocycles. The molecule has 5 rings (SSSR count). The van der Waals surface area contributed by atoms with Crippen LogP contribution in [0.4, 0.5) is 15.8 Å². The third kappa shape index (κ3) is 4.42. The number of piperazine rings is 1. The number of nitrogens with zero attached hydrogens (tertiary/aromatic N) is 3. The lowest BCUT2D eigenvalue weighted by molar-refractivity contribution is 0.313. The van der Waals surface area contributed by atoms with E-state index in [1.807, 2.05) is 31.2 Å². The quantitative estimate of drug-likeness (QED) is 0.345. The number of aromatic amines is 1. The predicted octanol–water partition coefficient (Wildman–Crippen LogP) is 5.89. The Morgan fingerprint density at radius 3 is 2.56 bits per heavy atom. The van der Waals surface area contributed by atoms with Crippen molar-refractivity contribution >= 4 is 28.0 Å². The van der Waals surface area contributed by atoms with Crippen molar-refractivity contribution in [2.75, 3.05) is 45.2 Å². The zero-order chi connectivity index (χ0) is 25.4. The van der Waals surface area contributed by atoms with Gasteiger partial charge in [0.2, 0.25) is 0 Å². The highest BCUT2D eigenvalue weighted by atomic mass is 19.1. The molecule has 36 heavy (non-hydrogen) atoms. The Hall–Kier alpha value is -3.84. The summed E-state index contributed by atoms with van der Waals surface area (Å²) >= 11 is 0. The van der Waals surface area contributed by atoms with E-state index in [0.717, 1.165) is 48.3 Å². The number of aliphatic imine (C=N–C) groups is 1. The Balaban J connectivity index is 1.52. The van der Waals surface area contributed by atoms with Crippen LogP contribution in [0.5, 0.6) is 11.6 Å². The molecule has 0 radical (unpaired) electrons. The first-order valence-electron chi connectivity index (χ1n) is 12.1. The van der Waals surface area contributed by atoms with Gasteiger partial charge in [-0.25, -0.2) is 4.39 Å². The van der Waals surface area contributed by atoms with Crippen LogP contribution in [-0.2, 0) is 0 Å². The van der Waals surface area contributed by atoms with E-state index in [1.54, 1.807) is 12.1 Å². The summed E-state index contributed by atoms with van der Waals surface area (Å²) in [4.78, 5) is 12.6. The summed E-state index contributed by atoms with van der Waals surface area (Å²) in [5.41, 5.74) is 6.20. The van der Waals surface area contributed by atoms with Crippen LogP contribution in [0.25, 0.3) is 22.0 Å². The smallest absolute Gasteiger partial charge is 0.198 e. The minimum absolute atomic E-state index is 0.0376. The fourth-order valence-electron chi connectivity index (χ4n) is 4.92. The van der Waals surface area contributed by atoms with Crippen molar-refractivity contribution < 1.29 is 14.2 Å². The number of aromatic nitrogens is 1.